The number of hydrogen-bond donors (Lipinski definition) is 9. The highest BCUT2D eigenvalue weighted by molar-refractivity contribution is 6.02. The second-order valence-electron chi connectivity index (χ2n) is 10.6. The van der Waals surface area contributed by atoms with E-state index in [2.05, 4.69) is 35.9 Å². The summed E-state index contributed by atoms with van der Waals surface area (Å²) in [6.45, 7) is 0.464. The van der Waals surface area contributed by atoms with Crippen molar-refractivity contribution in [3.8, 4) is 0 Å². The number of hydrogen-bond acceptors (Lipinski definition) is 13. The number of aromatic nitrogens is 4. The molecule has 3 atom stereocenters. The third kappa shape index (κ3) is 10.5. The van der Waals surface area contributed by atoms with Crippen LogP contribution in [0.2, 0.25) is 0 Å². The summed E-state index contributed by atoms with van der Waals surface area (Å²) in [5.74, 6) is -9.16. The fourth-order valence-electron chi connectivity index (χ4n) is 4.44. The number of nitrogens with two attached hydrogens (primary N) is 2. The Bertz CT molecular complexity index is 1730. The largest absolute Gasteiger partial charge is 0.481 e. The molecule has 0 saturated heterocycles. The highest BCUT2D eigenvalue weighted by Crippen LogP contribution is 2.14. The Morgan fingerprint density at radius 2 is 1.54 bits per heavy atom. The molecule has 0 unspecified atom stereocenters. The van der Waals surface area contributed by atoms with Crippen LogP contribution in [0.1, 0.15) is 54.6 Å². The molecule has 256 valence electrons. The predicted octanol–water partition coefficient (Wildman–Crippen LogP) is -0.771. The monoisotopic (exact) mass is 669 g/mol. The zero-order valence-electron chi connectivity index (χ0n) is 25.5. The highest BCUT2D eigenvalue weighted by atomic mass is 16.4. The van der Waals surface area contributed by atoms with E-state index in [1.165, 1.54) is 18.3 Å². The first kappa shape index (κ1) is 36.5. The summed E-state index contributed by atoms with van der Waals surface area (Å²) < 4.78 is 0. The lowest BCUT2D eigenvalue weighted by molar-refractivity contribution is -0.151. The van der Waals surface area contributed by atoms with Crippen molar-refractivity contribution >= 4 is 58.3 Å². The van der Waals surface area contributed by atoms with E-state index in [1.807, 2.05) is 0 Å². The van der Waals surface area contributed by atoms with Gasteiger partial charge in [0.1, 0.15) is 23.8 Å². The van der Waals surface area contributed by atoms with Crippen LogP contribution in [0.3, 0.4) is 0 Å². The molecule has 0 saturated carbocycles. The van der Waals surface area contributed by atoms with Gasteiger partial charge >= 0.3 is 17.9 Å². The zero-order chi connectivity index (χ0) is 35.4. The van der Waals surface area contributed by atoms with E-state index in [-0.39, 0.29) is 35.6 Å². The van der Waals surface area contributed by atoms with Gasteiger partial charge in [0.05, 0.1) is 18.4 Å². The molecule has 1 aromatic carbocycles. The van der Waals surface area contributed by atoms with Gasteiger partial charge in [-0.2, -0.15) is 4.98 Å². The Balaban J connectivity index is 1.53. The lowest BCUT2D eigenvalue weighted by atomic mass is 9.97. The Kier molecular flexibility index (Phi) is 13.0. The number of H-pyrrole nitrogens is 1. The van der Waals surface area contributed by atoms with E-state index in [0.717, 1.165) is 0 Å². The van der Waals surface area contributed by atoms with E-state index < -0.39 is 78.3 Å². The first-order valence-electron chi connectivity index (χ1n) is 14.7. The number of Topliss-reactive ketones (excluding diaryl/α,β-unsaturated/α-hetero) is 1. The SMILES string of the molecule is NCCCC[C@@H](NC(=O)[C@@H](CC(=O)CC[C@@H](NC(=O)c1ccc(NCc2cnc3nc(N)[nH]c(=O)c3n2)cc1)C(=O)O)C(=O)O)C(=O)O. The second kappa shape index (κ2) is 17.1. The van der Waals surface area contributed by atoms with Crippen LogP contribution in [0.4, 0.5) is 11.6 Å². The van der Waals surface area contributed by atoms with Crippen LogP contribution in [0.5, 0.6) is 0 Å². The van der Waals surface area contributed by atoms with Gasteiger partial charge in [0.2, 0.25) is 11.9 Å². The van der Waals surface area contributed by atoms with Crippen LogP contribution >= 0.6 is 0 Å². The summed E-state index contributed by atoms with van der Waals surface area (Å²) in [6.07, 6.45) is 0.596. The molecular weight excluding hydrogens is 634 g/mol. The number of amides is 2. The molecule has 2 aromatic heterocycles. The number of nitrogens with zero attached hydrogens (tertiary/aromatic N) is 3. The average Bonchev–Trinajstić information content (AvgIpc) is 3.03. The van der Waals surface area contributed by atoms with Gasteiger partial charge in [-0.15, -0.1) is 0 Å². The summed E-state index contributed by atoms with van der Waals surface area (Å²) in [5, 5.41) is 35.9. The molecule has 0 spiro atoms. The molecule has 11 N–H and O–H groups in total. The number of carbonyl (C=O) groups is 6. The fourth-order valence-corrected chi connectivity index (χ4v) is 4.44. The summed E-state index contributed by atoms with van der Waals surface area (Å²) in [5.41, 5.74) is 11.5. The number of nitrogens with one attached hydrogen (secondary N) is 4. The molecule has 0 aliphatic carbocycles. The van der Waals surface area contributed by atoms with Crippen LogP contribution in [0, 0.1) is 5.92 Å². The van der Waals surface area contributed by atoms with Crippen molar-refractivity contribution in [2.24, 2.45) is 11.7 Å². The van der Waals surface area contributed by atoms with E-state index in [0.29, 0.717) is 30.8 Å². The maximum atomic E-state index is 12.8. The Morgan fingerprint density at radius 3 is 2.17 bits per heavy atom. The number of benzene rings is 1. The number of carboxylic acid groups (broad SMARTS) is 3. The molecule has 19 nitrogen and oxygen atoms in total. The zero-order valence-corrected chi connectivity index (χ0v) is 25.5. The molecule has 2 amide bonds. The van der Waals surface area contributed by atoms with Crippen molar-refractivity contribution in [1.29, 1.82) is 0 Å². The van der Waals surface area contributed by atoms with Gasteiger partial charge in [0.15, 0.2) is 11.2 Å². The minimum absolute atomic E-state index is 0.0101. The number of carbonyl (C=O) groups excluding carboxylic acids is 3. The summed E-state index contributed by atoms with van der Waals surface area (Å²) in [4.78, 5) is 99.3. The first-order valence-corrected chi connectivity index (χ1v) is 14.7. The number of rotatable bonds is 19. The Labute approximate surface area is 271 Å². The smallest absolute Gasteiger partial charge is 0.326 e. The van der Waals surface area contributed by atoms with Crippen molar-refractivity contribution in [3.63, 3.8) is 0 Å². The van der Waals surface area contributed by atoms with E-state index >= 15 is 0 Å². The van der Waals surface area contributed by atoms with Crippen molar-refractivity contribution in [2.45, 2.75) is 57.2 Å². The van der Waals surface area contributed by atoms with Crippen LogP contribution in [0.25, 0.3) is 11.2 Å². The van der Waals surface area contributed by atoms with Gasteiger partial charge < -0.3 is 42.7 Å². The molecular formula is C29H35N9O10. The van der Waals surface area contributed by atoms with Gasteiger partial charge in [-0.1, -0.05) is 0 Å². The van der Waals surface area contributed by atoms with Gasteiger partial charge in [-0.3, -0.25) is 29.0 Å². The van der Waals surface area contributed by atoms with E-state index in [1.54, 1.807) is 12.1 Å². The second-order valence-corrected chi connectivity index (χ2v) is 10.6. The number of carboxylic acids is 3. The minimum atomic E-state index is -1.90. The quantitative estimate of drug-likeness (QED) is 0.0558. The van der Waals surface area contributed by atoms with Crippen LogP contribution in [-0.2, 0) is 30.5 Å². The van der Waals surface area contributed by atoms with Crippen LogP contribution in [-0.4, -0.2) is 89.4 Å². The third-order valence-electron chi connectivity index (χ3n) is 7.03. The van der Waals surface area contributed by atoms with Crippen molar-refractivity contribution in [2.75, 3.05) is 17.6 Å². The Hall–Kier alpha value is -5.98. The molecule has 0 bridgehead atoms. The minimum Gasteiger partial charge on any atom is -0.481 e. The molecule has 0 aliphatic heterocycles. The normalized spacial score (nSPS) is 12.8. The summed E-state index contributed by atoms with van der Waals surface area (Å²) in [6, 6.07) is 3.03. The number of fused-ring (bicyclic) bond motifs is 1. The lowest BCUT2D eigenvalue weighted by Crippen LogP contribution is -2.46. The van der Waals surface area contributed by atoms with Crippen molar-refractivity contribution in [1.82, 2.24) is 30.6 Å². The summed E-state index contributed by atoms with van der Waals surface area (Å²) >= 11 is 0. The maximum Gasteiger partial charge on any atom is 0.326 e. The molecule has 0 aliphatic rings. The Morgan fingerprint density at radius 1 is 0.875 bits per heavy atom. The molecule has 2 heterocycles. The fraction of sp³-hybridized carbons (Fsp3) is 0.379. The number of unbranched alkanes of at least 4 members (excludes halogenated alkanes) is 1. The molecule has 3 rings (SSSR count). The van der Waals surface area contributed by atoms with Gasteiger partial charge in [0.25, 0.3) is 11.5 Å². The summed E-state index contributed by atoms with van der Waals surface area (Å²) in [7, 11) is 0. The molecule has 3 aromatic rings. The first-order chi connectivity index (χ1) is 22.8. The van der Waals surface area contributed by atoms with Crippen molar-refractivity contribution in [3.05, 3.63) is 52.1 Å². The predicted molar refractivity (Wildman–Crippen MR) is 167 cm³/mol. The maximum absolute atomic E-state index is 12.8. The molecule has 48 heavy (non-hydrogen) atoms. The highest BCUT2D eigenvalue weighted by Gasteiger charge is 2.32. The van der Waals surface area contributed by atoms with E-state index in [9.17, 15) is 48.9 Å². The molecule has 19 heteroatoms. The van der Waals surface area contributed by atoms with E-state index in [4.69, 9.17) is 11.5 Å². The van der Waals surface area contributed by atoms with Crippen LogP contribution < -0.4 is 33.0 Å². The number of aromatic amines is 1. The average molecular weight is 670 g/mol. The van der Waals surface area contributed by atoms with Gasteiger partial charge in [-0.05, 0) is 56.5 Å². The topological polar surface area (TPSA) is 323 Å². The number of anilines is 2. The number of nitrogen functional groups attached to an aromatic ring is 1. The molecule has 0 radical (unpaired) electrons. The number of aliphatic carboxylic acids is 3. The standard InChI is InChI=1S/C29H35N9O10/c30-10-2-1-3-19(27(45)46)36-24(41)18(26(43)44)11-17(39)8-9-20(28(47)48)35-23(40)14-4-6-15(7-5-14)32-12-16-13-33-22-21(34-16)25(42)38-29(31)37-22/h4-7,13,18-20,32H,1-3,8-12,30H2,(H,35,40)(H,36,41)(H,43,44)(H,45,46)(H,47,48)(H3,31,33,37,38,42)/t18-,19-,20-/m1/s1. The van der Waals surface area contributed by atoms with Gasteiger partial charge in [-0.25, -0.2) is 19.6 Å². The van der Waals surface area contributed by atoms with Crippen LogP contribution in [0.15, 0.2) is 35.3 Å². The lowest BCUT2D eigenvalue weighted by Gasteiger charge is -2.18. The molecule has 0 fully saturated rings. The van der Waals surface area contributed by atoms with Gasteiger partial charge in [0, 0.05) is 24.1 Å². The third-order valence-corrected chi connectivity index (χ3v) is 7.03. The number of ketones is 1. The van der Waals surface area contributed by atoms with Crippen molar-refractivity contribution < 1.29 is 44.1 Å².